The number of aryl methyl sites for hydroxylation is 3. The van der Waals surface area contributed by atoms with Gasteiger partial charge in [0.15, 0.2) is 0 Å². The van der Waals surface area contributed by atoms with Crippen LogP contribution in [0.1, 0.15) is 69.3 Å². The molecule has 0 aliphatic carbocycles. The lowest BCUT2D eigenvalue weighted by Crippen LogP contribution is -2.18. The predicted octanol–water partition coefficient (Wildman–Crippen LogP) is 5.93. The quantitative estimate of drug-likeness (QED) is 0.381. The number of rotatable bonds is 5. The van der Waals surface area contributed by atoms with Crippen LogP contribution >= 0.6 is 0 Å². The largest absolute Gasteiger partial charge is 0.322 e. The van der Waals surface area contributed by atoms with Gasteiger partial charge in [-0.05, 0) is 79.3 Å². The summed E-state index contributed by atoms with van der Waals surface area (Å²) in [5, 5.41) is 6.97. The second-order valence-corrected chi connectivity index (χ2v) is 9.37. The third kappa shape index (κ3) is 6.16. The van der Waals surface area contributed by atoms with Crippen LogP contribution in [0.3, 0.4) is 0 Å². The number of hydrazone groups is 1. The molecule has 5 nitrogen and oxygen atoms in total. The third-order valence-electron chi connectivity index (χ3n) is 5.52. The van der Waals surface area contributed by atoms with Crippen molar-refractivity contribution in [2.24, 2.45) is 5.10 Å². The molecule has 0 aromatic heterocycles. The van der Waals surface area contributed by atoms with E-state index in [0.717, 1.165) is 16.7 Å². The zero-order valence-electron chi connectivity index (χ0n) is 20.1. The normalized spacial score (nSPS) is 11.5. The number of anilines is 1. The summed E-state index contributed by atoms with van der Waals surface area (Å²) in [7, 11) is 0. The molecule has 0 aliphatic heterocycles. The van der Waals surface area contributed by atoms with Gasteiger partial charge in [-0.2, -0.15) is 5.10 Å². The van der Waals surface area contributed by atoms with Crippen molar-refractivity contribution in [3.05, 3.63) is 99.6 Å². The van der Waals surface area contributed by atoms with Gasteiger partial charge in [-0.25, -0.2) is 5.43 Å². The van der Waals surface area contributed by atoms with Crippen molar-refractivity contribution in [3.8, 4) is 0 Å². The number of nitrogens with zero attached hydrogens (tertiary/aromatic N) is 1. The molecule has 0 atom stereocenters. The smallest absolute Gasteiger partial charge is 0.271 e. The Labute approximate surface area is 195 Å². The molecule has 0 heterocycles. The van der Waals surface area contributed by atoms with Crippen LogP contribution in [0.25, 0.3) is 0 Å². The lowest BCUT2D eigenvalue weighted by Gasteiger charge is -2.19. The molecule has 3 aromatic rings. The highest BCUT2D eigenvalue weighted by Crippen LogP contribution is 2.22. The molecular formula is C28H31N3O2. The van der Waals surface area contributed by atoms with E-state index in [-0.39, 0.29) is 17.2 Å². The van der Waals surface area contributed by atoms with Crippen LogP contribution < -0.4 is 10.7 Å². The molecule has 0 bridgehead atoms. The van der Waals surface area contributed by atoms with Crippen LogP contribution in [0.2, 0.25) is 0 Å². The van der Waals surface area contributed by atoms with Gasteiger partial charge in [0, 0.05) is 22.4 Å². The first-order chi connectivity index (χ1) is 15.5. The minimum Gasteiger partial charge on any atom is -0.322 e. The van der Waals surface area contributed by atoms with E-state index >= 15 is 0 Å². The monoisotopic (exact) mass is 441 g/mol. The van der Waals surface area contributed by atoms with Gasteiger partial charge < -0.3 is 5.32 Å². The highest BCUT2D eigenvalue weighted by molar-refractivity contribution is 6.04. The maximum absolute atomic E-state index is 12.5. The summed E-state index contributed by atoms with van der Waals surface area (Å²) in [6.07, 6.45) is 1.67. The van der Waals surface area contributed by atoms with Crippen molar-refractivity contribution in [1.82, 2.24) is 5.43 Å². The van der Waals surface area contributed by atoms with Crippen molar-refractivity contribution in [3.63, 3.8) is 0 Å². The summed E-state index contributed by atoms with van der Waals surface area (Å²) in [5.74, 6) is -0.509. The number of carbonyl (C=O) groups is 2. The van der Waals surface area contributed by atoms with Crippen LogP contribution in [-0.4, -0.2) is 18.0 Å². The Kier molecular flexibility index (Phi) is 7.12. The third-order valence-corrected chi connectivity index (χ3v) is 5.52. The summed E-state index contributed by atoms with van der Waals surface area (Å²) in [6.45, 7) is 12.5. The van der Waals surface area contributed by atoms with Crippen LogP contribution in [0.4, 0.5) is 5.69 Å². The minimum atomic E-state index is -0.315. The van der Waals surface area contributed by atoms with Crippen LogP contribution in [0, 0.1) is 20.8 Å². The molecule has 0 aliphatic rings. The van der Waals surface area contributed by atoms with Crippen LogP contribution in [-0.2, 0) is 5.41 Å². The average Bonchev–Trinajstić information content (AvgIpc) is 2.75. The Morgan fingerprint density at radius 3 is 1.85 bits per heavy atom. The first-order valence-electron chi connectivity index (χ1n) is 11.0. The second-order valence-electron chi connectivity index (χ2n) is 9.37. The van der Waals surface area contributed by atoms with E-state index in [9.17, 15) is 9.59 Å². The number of benzene rings is 3. The molecule has 3 aromatic carbocycles. The van der Waals surface area contributed by atoms with Crippen molar-refractivity contribution in [2.75, 3.05) is 5.32 Å². The molecule has 0 spiro atoms. The molecule has 170 valence electrons. The predicted molar refractivity (Wildman–Crippen MR) is 135 cm³/mol. The average molecular weight is 442 g/mol. The van der Waals surface area contributed by atoms with E-state index < -0.39 is 0 Å². The number of amides is 2. The van der Waals surface area contributed by atoms with Gasteiger partial charge in [-0.1, -0.05) is 50.6 Å². The highest BCUT2D eigenvalue weighted by Gasteiger charge is 2.14. The van der Waals surface area contributed by atoms with Crippen molar-refractivity contribution in [2.45, 2.75) is 47.0 Å². The number of carbonyl (C=O) groups excluding carboxylic acids is 2. The second kappa shape index (κ2) is 9.82. The van der Waals surface area contributed by atoms with Gasteiger partial charge in [0.1, 0.15) is 0 Å². The van der Waals surface area contributed by atoms with Gasteiger partial charge in [0.05, 0.1) is 6.21 Å². The molecule has 33 heavy (non-hydrogen) atoms. The molecule has 3 rings (SSSR count). The molecule has 0 radical (unpaired) electrons. The standard InChI is InChI=1S/C28H31N3O2/c1-18-15-19(2)25(20(3)16-18)17-29-31-27(33)22-9-13-24(14-10-22)30-26(32)21-7-11-23(12-8-21)28(4,5)6/h7-17H,1-6H3,(H,30,32)(H,31,33). The zero-order valence-corrected chi connectivity index (χ0v) is 20.1. The van der Waals surface area contributed by atoms with Crippen molar-refractivity contribution >= 4 is 23.7 Å². The molecule has 2 amide bonds. The fourth-order valence-corrected chi connectivity index (χ4v) is 3.64. The number of hydrogen-bond acceptors (Lipinski definition) is 3. The Balaban J connectivity index is 1.60. The molecule has 0 fully saturated rings. The van der Waals surface area contributed by atoms with Gasteiger partial charge in [-0.15, -0.1) is 0 Å². The lowest BCUT2D eigenvalue weighted by molar-refractivity contribution is 0.0954. The fourth-order valence-electron chi connectivity index (χ4n) is 3.64. The SMILES string of the molecule is Cc1cc(C)c(C=NNC(=O)c2ccc(NC(=O)c3ccc(C(C)(C)C)cc3)cc2)c(C)c1. The fraction of sp³-hybridized carbons (Fsp3) is 0.250. The summed E-state index contributed by atoms with van der Waals surface area (Å²) < 4.78 is 0. The highest BCUT2D eigenvalue weighted by atomic mass is 16.2. The van der Waals surface area contributed by atoms with Crippen molar-refractivity contribution < 1.29 is 9.59 Å². The van der Waals surface area contributed by atoms with Crippen molar-refractivity contribution in [1.29, 1.82) is 0 Å². The van der Waals surface area contributed by atoms with Gasteiger partial charge in [-0.3, -0.25) is 9.59 Å². The summed E-state index contributed by atoms with van der Waals surface area (Å²) in [4.78, 5) is 25.0. The lowest BCUT2D eigenvalue weighted by atomic mass is 9.87. The molecular weight excluding hydrogens is 410 g/mol. The van der Waals surface area contributed by atoms with E-state index in [2.05, 4.69) is 55.7 Å². The molecule has 0 saturated heterocycles. The van der Waals surface area contributed by atoms with Crippen LogP contribution in [0.15, 0.2) is 65.8 Å². The maximum atomic E-state index is 12.5. The summed E-state index contributed by atoms with van der Waals surface area (Å²) >= 11 is 0. The van der Waals surface area contributed by atoms with Gasteiger partial charge in [0.2, 0.25) is 0 Å². The summed E-state index contributed by atoms with van der Waals surface area (Å²) in [5.41, 5.74) is 9.83. The maximum Gasteiger partial charge on any atom is 0.271 e. The van der Waals surface area contributed by atoms with Gasteiger partial charge in [0.25, 0.3) is 11.8 Å². The Hall–Kier alpha value is -3.73. The topological polar surface area (TPSA) is 70.6 Å². The Morgan fingerprint density at radius 1 is 0.788 bits per heavy atom. The summed E-state index contributed by atoms with van der Waals surface area (Å²) in [6, 6.07) is 18.5. The zero-order chi connectivity index (χ0) is 24.2. The molecule has 0 saturated carbocycles. The number of hydrogen-bond donors (Lipinski definition) is 2. The van der Waals surface area contributed by atoms with E-state index in [4.69, 9.17) is 0 Å². The van der Waals surface area contributed by atoms with E-state index in [0.29, 0.717) is 16.8 Å². The van der Waals surface area contributed by atoms with Gasteiger partial charge >= 0.3 is 0 Å². The first kappa shape index (κ1) is 23.9. The van der Waals surface area contributed by atoms with E-state index in [1.54, 1.807) is 30.5 Å². The molecule has 2 N–H and O–H groups in total. The molecule has 5 heteroatoms. The van der Waals surface area contributed by atoms with Crippen LogP contribution in [0.5, 0.6) is 0 Å². The first-order valence-corrected chi connectivity index (χ1v) is 11.0. The van der Waals surface area contributed by atoms with E-state index in [1.165, 1.54) is 11.1 Å². The van der Waals surface area contributed by atoms with E-state index in [1.807, 2.05) is 38.1 Å². The molecule has 0 unspecified atom stereocenters. The Morgan fingerprint density at radius 2 is 1.30 bits per heavy atom. The minimum absolute atomic E-state index is 0.0350. The number of nitrogens with one attached hydrogen (secondary N) is 2. The Bertz CT molecular complexity index is 1160.